The summed E-state index contributed by atoms with van der Waals surface area (Å²) in [5, 5.41) is 17.2. The summed E-state index contributed by atoms with van der Waals surface area (Å²) in [4.78, 5) is 39.0. The number of halogens is 1. The molecule has 3 N–H and O–H groups in total. The van der Waals surface area contributed by atoms with Crippen molar-refractivity contribution in [2.45, 2.75) is 18.9 Å². The fraction of sp³-hybridized carbons (Fsp3) is 0.0882. The molecule has 43 heavy (non-hydrogen) atoms. The van der Waals surface area contributed by atoms with Gasteiger partial charge in [-0.1, -0.05) is 82.7 Å². The lowest BCUT2D eigenvalue weighted by Crippen LogP contribution is -2.42. The summed E-state index contributed by atoms with van der Waals surface area (Å²) in [5.41, 5.74) is 2.99. The Morgan fingerprint density at radius 1 is 0.860 bits per heavy atom. The number of carboxylic acid groups (broad SMARTS) is 1. The van der Waals surface area contributed by atoms with Gasteiger partial charge in [0.05, 0.1) is 17.7 Å². The van der Waals surface area contributed by atoms with Crippen LogP contribution in [0.15, 0.2) is 119 Å². The Balaban J connectivity index is 1.29. The van der Waals surface area contributed by atoms with Crippen molar-refractivity contribution in [3.63, 3.8) is 0 Å². The molecule has 1 unspecified atom stereocenters. The molecule has 5 rings (SSSR count). The Morgan fingerprint density at radius 2 is 1.60 bits per heavy atom. The van der Waals surface area contributed by atoms with E-state index >= 15 is 0 Å². The maximum Gasteiger partial charge on any atom is 0.326 e. The Labute approximate surface area is 261 Å². The number of carbonyl (C=O) groups is 3. The van der Waals surface area contributed by atoms with E-state index in [0.717, 1.165) is 27.3 Å². The fourth-order valence-electron chi connectivity index (χ4n) is 4.48. The highest BCUT2D eigenvalue weighted by Crippen LogP contribution is 2.33. The molecule has 9 heteroatoms. The number of benzene rings is 4. The lowest BCUT2D eigenvalue weighted by molar-refractivity contribution is -0.139. The first-order valence-electron chi connectivity index (χ1n) is 13.4. The van der Waals surface area contributed by atoms with E-state index in [1.54, 1.807) is 18.2 Å². The van der Waals surface area contributed by atoms with Gasteiger partial charge in [-0.15, -0.1) is 11.3 Å². The summed E-state index contributed by atoms with van der Waals surface area (Å²) in [5.74, 6) is -0.628. The fourth-order valence-corrected chi connectivity index (χ4v) is 5.55. The molecular formula is C34H27BrN2O5S. The molecule has 0 saturated carbocycles. The van der Waals surface area contributed by atoms with Gasteiger partial charge in [-0.05, 0) is 59.0 Å². The van der Waals surface area contributed by atoms with E-state index in [4.69, 9.17) is 4.74 Å². The molecule has 7 nitrogen and oxygen atoms in total. The quantitative estimate of drug-likeness (QED) is 0.136. The molecule has 1 aromatic heterocycles. The molecule has 4 aromatic carbocycles. The second-order valence-corrected chi connectivity index (χ2v) is 11.6. The van der Waals surface area contributed by atoms with Crippen molar-refractivity contribution in [2.75, 3.05) is 5.32 Å². The minimum Gasteiger partial charge on any atom is -0.480 e. The van der Waals surface area contributed by atoms with Crippen LogP contribution in [0.2, 0.25) is 0 Å². The second kappa shape index (κ2) is 14.0. The molecule has 0 aliphatic heterocycles. The van der Waals surface area contributed by atoms with E-state index in [-0.39, 0.29) is 24.3 Å². The van der Waals surface area contributed by atoms with E-state index in [2.05, 4.69) is 26.6 Å². The zero-order valence-electron chi connectivity index (χ0n) is 22.8. The Morgan fingerprint density at radius 3 is 2.33 bits per heavy atom. The number of amides is 2. The third-order valence-electron chi connectivity index (χ3n) is 6.58. The van der Waals surface area contributed by atoms with Gasteiger partial charge in [-0.2, -0.15) is 0 Å². The van der Waals surface area contributed by atoms with Gasteiger partial charge < -0.3 is 20.5 Å². The van der Waals surface area contributed by atoms with Gasteiger partial charge in [0.15, 0.2) is 0 Å². The average Bonchev–Trinajstić information content (AvgIpc) is 3.52. The molecule has 0 aliphatic carbocycles. The Hall–Kier alpha value is -4.73. The van der Waals surface area contributed by atoms with Gasteiger partial charge in [-0.3, -0.25) is 9.59 Å². The average molecular weight is 656 g/mol. The highest BCUT2D eigenvalue weighted by atomic mass is 79.9. The maximum absolute atomic E-state index is 13.3. The van der Waals surface area contributed by atoms with Crippen LogP contribution in [-0.2, 0) is 22.4 Å². The summed E-state index contributed by atoms with van der Waals surface area (Å²) in [6.07, 6.45) is 0.239. The molecule has 0 spiro atoms. The van der Waals surface area contributed by atoms with Crippen LogP contribution in [-0.4, -0.2) is 28.9 Å². The number of hydrogen-bond donors (Lipinski definition) is 3. The van der Waals surface area contributed by atoms with E-state index in [1.807, 2.05) is 96.4 Å². The number of nitrogens with one attached hydrogen (secondary N) is 2. The van der Waals surface area contributed by atoms with Crippen LogP contribution in [0.5, 0.6) is 11.5 Å². The van der Waals surface area contributed by atoms with Gasteiger partial charge in [0, 0.05) is 21.3 Å². The lowest BCUT2D eigenvalue weighted by Gasteiger charge is -2.17. The monoisotopic (exact) mass is 654 g/mol. The summed E-state index contributed by atoms with van der Waals surface area (Å²) in [6.45, 7) is 0. The number of anilines is 1. The highest BCUT2D eigenvalue weighted by molar-refractivity contribution is 9.10. The smallest absolute Gasteiger partial charge is 0.326 e. The number of ether oxygens (including phenoxy) is 1. The summed E-state index contributed by atoms with van der Waals surface area (Å²) < 4.78 is 6.71. The van der Waals surface area contributed by atoms with Crippen molar-refractivity contribution in [3.8, 4) is 22.6 Å². The van der Waals surface area contributed by atoms with Gasteiger partial charge in [0.1, 0.15) is 17.5 Å². The molecule has 1 atom stereocenters. The molecule has 1 heterocycles. The van der Waals surface area contributed by atoms with E-state index in [9.17, 15) is 19.5 Å². The van der Waals surface area contributed by atoms with Crippen molar-refractivity contribution in [2.24, 2.45) is 0 Å². The molecular weight excluding hydrogens is 628 g/mol. The van der Waals surface area contributed by atoms with Gasteiger partial charge in [0.2, 0.25) is 5.91 Å². The summed E-state index contributed by atoms with van der Waals surface area (Å²) in [7, 11) is 0. The number of thiophene rings is 1. The van der Waals surface area contributed by atoms with Gasteiger partial charge in [0.25, 0.3) is 5.91 Å². The highest BCUT2D eigenvalue weighted by Gasteiger charge is 2.23. The molecule has 216 valence electrons. The van der Waals surface area contributed by atoms with E-state index < -0.39 is 17.9 Å². The number of aliphatic carboxylic acids is 1. The van der Waals surface area contributed by atoms with Gasteiger partial charge >= 0.3 is 5.97 Å². The molecule has 0 aliphatic rings. The number of para-hydroxylation sites is 2. The predicted octanol–water partition coefficient (Wildman–Crippen LogP) is 7.58. The molecule has 5 aromatic rings. The molecule has 0 bridgehead atoms. The molecule has 0 fully saturated rings. The number of carbonyl (C=O) groups excluding carboxylic acids is 2. The van der Waals surface area contributed by atoms with Crippen LogP contribution in [0.3, 0.4) is 0 Å². The Kier molecular flexibility index (Phi) is 9.66. The lowest BCUT2D eigenvalue weighted by atomic mass is 9.99. The van der Waals surface area contributed by atoms with Crippen LogP contribution in [0.4, 0.5) is 5.69 Å². The predicted molar refractivity (Wildman–Crippen MR) is 172 cm³/mol. The SMILES string of the molecule is O=C(Cc1cccs1)Nc1ccc(Br)cc1C(=O)NC(Cc1ccc(-c2ccccc2Oc2ccccc2)cc1)C(=O)O. The summed E-state index contributed by atoms with van der Waals surface area (Å²) in [6, 6.07) is 32.1. The van der Waals surface area contributed by atoms with Gasteiger partial charge in [-0.25, -0.2) is 4.79 Å². The topological polar surface area (TPSA) is 105 Å². The normalized spacial score (nSPS) is 11.4. The minimum absolute atomic E-state index is 0.0671. The van der Waals surface area contributed by atoms with Crippen molar-refractivity contribution in [3.05, 3.63) is 135 Å². The second-order valence-electron chi connectivity index (χ2n) is 9.67. The Bertz CT molecular complexity index is 1720. The third kappa shape index (κ3) is 7.97. The van der Waals surface area contributed by atoms with Crippen LogP contribution in [0, 0.1) is 0 Å². The van der Waals surface area contributed by atoms with E-state index in [0.29, 0.717) is 15.9 Å². The molecule has 0 radical (unpaired) electrons. The first kappa shape index (κ1) is 29.8. The maximum atomic E-state index is 13.3. The standard InChI is InChI=1S/C34H27BrN2O5S/c35-24-16-17-29(36-32(38)21-26-9-6-18-43-26)28(20-24)33(39)37-30(34(40)41)19-22-12-14-23(15-13-22)27-10-4-5-11-31(27)42-25-7-2-1-3-8-25/h1-18,20,30H,19,21H2,(H,36,38)(H,37,39)(H,40,41). The van der Waals surface area contributed by atoms with Crippen LogP contribution < -0.4 is 15.4 Å². The van der Waals surface area contributed by atoms with Crippen LogP contribution in [0.1, 0.15) is 20.8 Å². The van der Waals surface area contributed by atoms with E-state index in [1.165, 1.54) is 11.3 Å². The third-order valence-corrected chi connectivity index (χ3v) is 7.95. The zero-order valence-corrected chi connectivity index (χ0v) is 25.2. The molecule has 0 saturated heterocycles. The number of carboxylic acids is 1. The van der Waals surface area contributed by atoms with Crippen molar-refractivity contribution in [1.82, 2.24) is 5.32 Å². The largest absolute Gasteiger partial charge is 0.480 e. The first-order chi connectivity index (χ1) is 20.9. The summed E-state index contributed by atoms with van der Waals surface area (Å²) >= 11 is 4.83. The van der Waals surface area contributed by atoms with Crippen molar-refractivity contribution in [1.29, 1.82) is 0 Å². The zero-order chi connectivity index (χ0) is 30.2. The molecule has 2 amide bonds. The van der Waals surface area contributed by atoms with Crippen molar-refractivity contribution < 1.29 is 24.2 Å². The van der Waals surface area contributed by atoms with Crippen LogP contribution >= 0.6 is 27.3 Å². The van der Waals surface area contributed by atoms with Crippen molar-refractivity contribution >= 4 is 50.7 Å². The first-order valence-corrected chi connectivity index (χ1v) is 15.1. The number of rotatable bonds is 11. The minimum atomic E-state index is -1.19. The number of hydrogen-bond acceptors (Lipinski definition) is 5. The van der Waals surface area contributed by atoms with Crippen LogP contribution in [0.25, 0.3) is 11.1 Å².